The van der Waals surface area contributed by atoms with Crippen molar-refractivity contribution in [3.8, 4) is 5.75 Å². The summed E-state index contributed by atoms with van der Waals surface area (Å²) in [6.07, 6.45) is 0. The summed E-state index contributed by atoms with van der Waals surface area (Å²) >= 11 is 6.13. The molecular formula is C13H17ClFNO3. The number of nitrogens with zero attached hydrogens (tertiary/aromatic N) is 1. The van der Waals surface area contributed by atoms with Gasteiger partial charge in [-0.15, -0.1) is 11.6 Å². The van der Waals surface area contributed by atoms with Gasteiger partial charge in [-0.05, 0) is 18.9 Å². The lowest BCUT2D eigenvalue weighted by atomic mass is 9.85. The van der Waals surface area contributed by atoms with E-state index in [2.05, 4.69) is 0 Å². The lowest BCUT2D eigenvalue weighted by Gasteiger charge is -2.24. The van der Waals surface area contributed by atoms with Gasteiger partial charge in [0.05, 0.1) is 18.1 Å². The topological polar surface area (TPSA) is 52.4 Å². The molecule has 0 amide bonds. The van der Waals surface area contributed by atoms with Crippen LogP contribution >= 0.6 is 11.6 Å². The van der Waals surface area contributed by atoms with Crippen molar-refractivity contribution in [1.29, 1.82) is 0 Å². The van der Waals surface area contributed by atoms with Gasteiger partial charge in [0.25, 0.3) is 5.69 Å². The van der Waals surface area contributed by atoms with Gasteiger partial charge in [-0.25, -0.2) is 4.39 Å². The van der Waals surface area contributed by atoms with Crippen molar-refractivity contribution in [2.24, 2.45) is 5.92 Å². The fraction of sp³-hybridized carbons (Fsp3) is 0.538. The second kappa shape index (κ2) is 6.19. The van der Waals surface area contributed by atoms with Gasteiger partial charge in [0.15, 0.2) is 11.6 Å². The third-order valence-electron chi connectivity index (χ3n) is 3.07. The highest BCUT2D eigenvalue weighted by molar-refractivity contribution is 6.21. The maximum atomic E-state index is 13.6. The van der Waals surface area contributed by atoms with E-state index in [9.17, 15) is 14.5 Å². The van der Waals surface area contributed by atoms with E-state index < -0.39 is 10.7 Å². The molecule has 1 aromatic carbocycles. The van der Waals surface area contributed by atoms with Crippen molar-refractivity contribution in [2.75, 3.05) is 7.11 Å². The van der Waals surface area contributed by atoms with Gasteiger partial charge in [0.1, 0.15) is 0 Å². The number of nitro benzene ring substituents is 1. The Morgan fingerprint density at radius 1 is 1.37 bits per heavy atom. The summed E-state index contributed by atoms with van der Waals surface area (Å²) in [5, 5.41) is 10.8. The molecule has 0 radical (unpaired) electrons. The van der Waals surface area contributed by atoms with Gasteiger partial charge in [-0.3, -0.25) is 10.1 Å². The average molecular weight is 290 g/mol. The summed E-state index contributed by atoms with van der Waals surface area (Å²) in [7, 11) is 1.32. The predicted octanol–water partition coefficient (Wildman–Crippen LogP) is 4.11. The summed E-state index contributed by atoms with van der Waals surface area (Å²) in [6.45, 7) is 5.61. The van der Waals surface area contributed by atoms with Crippen LogP contribution in [-0.4, -0.2) is 17.4 Å². The van der Waals surface area contributed by atoms with Crippen LogP contribution in [0.2, 0.25) is 0 Å². The number of nitro groups is 1. The molecule has 0 saturated carbocycles. The Bertz CT molecular complexity index is 469. The predicted molar refractivity (Wildman–Crippen MR) is 72.5 cm³/mol. The van der Waals surface area contributed by atoms with Crippen LogP contribution in [0.3, 0.4) is 0 Å². The van der Waals surface area contributed by atoms with Gasteiger partial charge in [0, 0.05) is 16.9 Å². The summed E-state index contributed by atoms with van der Waals surface area (Å²) < 4.78 is 18.5. The molecule has 0 spiro atoms. The van der Waals surface area contributed by atoms with E-state index in [1.54, 1.807) is 6.92 Å². The van der Waals surface area contributed by atoms with Crippen LogP contribution < -0.4 is 4.74 Å². The highest BCUT2D eigenvalue weighted by Gasteiger charge is 2.30. The van der Waals surface area contributed by atoms with E-state index in [1.807, 2.05) is 13.8 Å². The maximum absolute atomic E-state index is 13.6. The second-order valence-electron chi connectivity index (χ2n) is 4.75. The minimum Gasteiger partial charge on any atom is -0.494 e. The average Bonchev–Trinajstić information content (AvgIpc) is 2.29. The fourth-order valence-electron chi connectivity index (χ4n) is 2.28. The molecule has 2 atom stereocenters. The van der Waals surface area contributed by atoms with Crippen molar-refractivity contribution < 1.29 is 14.1 Å². The van der Waals surface area contributed by atoms with E-state index >= 15 is 0 Å². The first kappa shape index (κ1) is 15.7. The number of hydrogen-bond donors (Lipinski definition) is 0. The molecule has 0 aliphatic carbocycles. The maximum Gasteiger partial charge on any atom is 0.276 e. The monoisotopic (exact) mass is 289 g/mol. The molecule has 106 valence electrons. The van der Waals surface area contributed by atoms with Gasteiger partial charge >= 0.3 is 0 Å². The molecule has 19 heavy (non-hydrogen) atoms. The van der Waals surface area contributed by atoms with Crippen molar-refractivity contribution in [3.05, 3.63) is 33.6 Å². The summed E-state index contributed by atoms with van der Waals surface area (Å²) in [6, 6.07) is 2.26. The number of ether oxygens (including phenoxy) is 1. The van der Waals surface area contributed by atoms with E-state index in [-0.39, 0.29) is 28.6 Å². The van der Waals surface area contributed by atoms with Crippen LogP contribution in [0.5, 0.6) is 5.75 Å². The van der Waals surface area contributed by atoms with Crippen LogP contribution in [0.15, 0.2) is 12.1 Å². The first-order valence-electron chi connectivity index (χ1n) is 5.95. The molecule has 0 aromatic heterocycles. The zero-order chi connectivity index (χ0) is 14.7. The number of alkyl halides is 1. The van der Waals surface area contributed by atoms with E-state index in [1.165, 1.54) is 13.2 Å². The summed E-state index contributed by atoms with van der Waals surface area (Å²) in [5.41, 5.74) is 0.144. The molecule has 1 aromatic rings. The van der Waals surface area contributed by atoms with Crippen LogP contribution in [-0.2, 0) is 0 Å². The summed E-state index contributed by atoms with van der Waals surface area (Å²) in [4.78, 5) is 10.5. The SMILES string of the molecule is COc1cc(C(C(C)C)C(C)Cl)c([N+](=O)[O-])cc1F. The van der Waals surface area contributed by atoms with Crippen LogP contribution in [0, 0.1) is 21.8 Å². The standard InChI is InChI=1S/C13H17ClFNO3/c1-7(2)13(8(3)14)9-5-12(19-4)10(15)6-11(9)16(17)18/h5-8,13H,1-4H3. The Labute approximate surface area is 116 Å². The largest absolute Gasteiger partial charge is 0.494 e. The first-order valence-corrected chi connectivity index (χ1v) is 6.39. The van der Waals surface area contributed by atoms with Crippen molar-refractivity contribution in [3.63, 3.8) is 0 Å². The van der Waals surface area contributed by atoms with Crippen LogP contribution in [0.25, 0.3) is 0 Å². The molecule has 0 fully saturated rings. The van der Waals surface area contributed by atoms with E-state index in [4.69, 9.17) is 16.3 Å². The van der Waals surface area contributed by atoms with Gasteiger partial charge in [0.2, 0.25) is 0 Å². The highest BCUT2D eigenvalue weighted by Crippen LogP contribution is 2.39. The van der Waals surface area contributed by atoms with Crippen molar-refractivity contribution in [1.82, 2.24) is 0 Å². The van der Waals surface area contributed by atoms with Gasteiger partial charge in [-0.1, -0.05) is 13.8 Å². The Hall–Kier alpha value is -1.36. The number of benzene rings is 1. The quantitative estimate of drug-likeness (QED) is 0.466. The third-order valence-corrected chi connectivity index (χ3v) is 3.34. The van der Waals surface area contributed by atoms with Crippen LogP contribution in [0.1, 0.15) is 32.3 Å². The Kier molecular flexibility index (Phi) is 5.11. The number of rotatable bonds is 5. The molecule has 6 heteroatoms. The Balaban J connectivity index is 3.49. The lowest BCUT2D eigenvalue weighted by molar-refractivity contribution is -0.386. The second-order valence-corrected chi connectivity index (χ2v) is 5.44. The Morgan fingerprint density at radius 2 is 1.95 bits per heavy atom. The fourth-order valence-corrected chi connectivity index (χ4v) is 2.70. The number of methoxy groups -OCH3 is 1. The lowest BCUT2D eigenvalue weighted by Crippen LogP contribution is -2.17. The first-order chi connectivity index (χ1) is 8.79. The summed E-state index contributed by atoms with van der Waals surface area (Å²) in [5.74, 6) is -0.927. The normalized spacial score (nSPS) is 14.3. The van der Waals surface area contributed by atoms with Gasteiger partial charge in [-0.2, -0.15) is 0 Å². The minimum atomic E-state index is -0.748. The van der Waals surface area contributed by atoms with Gasteiger partial charge < -0.3 is 4.74 Å². The van der Waals surface area contributed by atoms with E-state index in [0.29, 0.717) is 5.56 Å². The third kappa shape index (κ3) is 3.35. The molecule has 0 aliphatic heterocycles. The smallest absolute Gasteiger partial charge is 0.276 e. The molecule has 0 aliphatic rings. The molecule has 2 unspecified atom stereocenters. The molecule has 0 saturated heterocycles. The highest BCUT2D eigenvalue weighted by atomic mass is 35.5. The molecule has 0 bridgehead atoms. The molecule has 0 heterocycles. The minimum absolute atomic E-state index is 0.0106. The van der Waals surface area contributed by atoms with Crippen molar-refractivity contribution >= 4 is 17.3 Å². The molecule has 4 nitrogen and oxygen atoms in total. The molecular weight excluding hydrogens is 273 g/mol. The molecule has 0 N–H and O–H groups in total. The van der Waals surface area contributed by atoms with Crippen LogP contribution in [0.4, 0.5) is 10.1 Å². The molecule has 1 rings (SSSR count). The van der Waals surface area contributed by atoms with E-state index in [0.717, 1.165) is 6.07 Å². The zero-order valence-electron chi connectivity index (χ0n) is 11.3. The number of halogens is 2. The zero-order valence-corrected chi connectivity index (χ0v) is 12.1. The number of hydrogen-bond acceptors (Lipinski definition) is 3. The Morgan fingerprint density at radius 3 is 2.32 bits per heavy atom. The van der Waals surface area contributed by atoms with Crippen molar-refractivity contribution in [2.45, 2.75) is 32.1 Å².